The van der Waals surface area contributed by atoms with Crippen LogP contribution in [0.25, 0.3) is 0 Å². The fourth-order valence-corrected chi connectivity index (χ4v) is 1.93. The number of amides is 2. The van der Waals surface area contributed by atoms with Gasteiger partial charge < -0.3 is 15.7 Å². The van der Waals surface area contributed by atoms with Gasteiger partial charge in [-0.1, -0.05) is 25.1 Å². The van der Waals surface area contributed by atoms with Crippen molar-refractivity contribution < 1.29 is 9.90 Å². The fraction of sp³-hybridized carbons (Fsp3) is 0.400. The number of urea groups is 1. The molecule has 0 aliphatic heterocycles. The molecule has 0 bridgehead atoms. The average molecular weight is 303 g/mol. The largest absolute Gasteiger partial charge is 0.396 e. The van der Waals surface area contributed by atoms with E-state index in [1.54, 1.807) is 11.0 Å². The van der Waals surface area contributed by atoms with Crippen LogP contribution in [0, 0.1) is 5.92 Å². The number of nitrogens with one attached hydrogen (secondary N) is 2. The summed E-state index contributed by atoms with van der Waals surface area (Å²) in [7, 11) is 0. The molecule has 118 valence electrons. The Balaban J connectivity index is 2.01. The van der Waals surface area contributed by atoms with Crippen LogP contribution in [0.2, 0.25) is 0 Å². The summed E-state index contributed by atoms with van der Waals surface area (Å²) in [4.78, 5) is 16.0. The molecule has 0 saturated heterocycles. The zero-order chi connectivity index (χ0) is 15.9. The summed E-state index contributed by atoms with van der Waals surface area (Å²) in [6.07, 6.45) is 3.10. The van der Waals surface area contributed by atoms with E-state index in [4.69, 9.17) is 5.11 Å². The molecule has 0 aliphatic carbocycles. The lowest BCUT2D eigenvalue weighted by Crippen LogP contribution is -2.41. The number of benzene rings is 1. The first-order valence-corrected chi connectivity index (χ1v) is 7.19. The van der Waals surface area contributed by atoms with E-state index in [-0.39, 0.29) is 24.6 Å². The Hall–Kier alpha value is -2.41. The zero-order valence-corrected chi connectivity index (χ0v) is 12.7. The third-order valence-electron chi connectivity index (χ3n) is 3.56. The number of carbonyl (C=O) groups excluding carboxylic acids is 1. The molecule has 7 nitrogen and oxygen atoms in total. The van der Waals surface area contributed by atoms with E-state index in [0.717, 1.165) is 11.3 Å². The van der Waals surface area contributed by atoms with E-state index in [1.165, 1.54) is 6.33 Å². The first kappa shape index (κ1) is 16.0. The maximum absolute atomic E-state index is 12.1. The van der Waals surface area contributed by atoms with Gasteiger partial charge in [-0.05, 0) is 24.5 Å². The number of aliphatic hydroxyl groups excluding tert-OH is 1. The highest BCUT2D eigenvalue weighted by molar-refractivity contribution is 5.90. The number of anilines is 1. The lowest BCUT2D eigenvalue weighted by atomic mass is 10.1. The summed E-state index contributed by atoms with van der Waals surface area (Å²) in [6, 6.07) is 7.13. The summed E-state index contributed by atoms with van der Waals surface area (Å²) in [5.74, 6) is -0.00357. The van der Waals surface area contributed by atoms with E-state index < -0.39 is 0 Å². The van der Waals surface area contributed by atoms with E-state index >= 15 is 0 Å². The Morgan fingerprint density at radius 1 is 1.36 bits per heavy atom. The molecule has 1 aromatic carbocycles. The quantitative estimate of drug-likeness (QED) is 0.753. The summed E-state index contributed by atoms with van der Waals surface area (Å²) in [6.45, 7) is 4.30. The van der Waals surface area contributed by atoms with Gasteiger partial charge in [0.2, 0.25) is 0 Å². The molecular formula is C15H21N5O2. The van der Waals surface area contributed by atoms with Gasteiger partial charge >= 0.3 is 6.03 Å². The van der Waals surface area contributed by atoms with Crippen molar-refractivity contribution in [3.05, 3.63) is 42.5 Å². The third-order valence-corrected chi connectivity index (χ3v) is 3.56. The molecule has 0 saturated carbocycles. The van der Waals surface area contributed by atoms with Crippen molar-refractivity contribution in [2.45, 2.75) is 26.4 Å². The molecule has 0 aliphatic rings. The smallest absolute Gasteiger partial charge is 0.319 e. The number of hydrogen-bond donors (Lipinski definition) is 3. The number of para-hydroxylation sites is 1. The molecule has 0 radical (unpaired) electrons. The molecule has 0 fully saturated rings. The molecule has 3 N–H and O–H groups in total. The van der Waals surface area contributed by atoms with E-state index in [9.17, 15) is 4.79 Å². The van der Waals surface area contributed by atoms with Gasteiger partial charge in [-0.25, -0.2) is 14.5 Å². The lowest BCUT2D eigenvalue weighted by molar-refractivity contribution is 0.204. The van der Waals surface area contributed by atoms with Gasteiger partial charge in [-0.15, -0.1) is 0 Å². The second kappa shape index (κ2) is 7.56. The van der Waals surface area contributed by atoms with Crippen molar-refractivity contribution in [2.75, 3.05) is 11.9 Å². The Bertz CT molecular complexity index is 600. The van der Waals surface area contributed by atoms with Crippen LogP contribution < -0.4 is 10.6 Å². The molecular weight excluding hydrogens is 282 g/mol. The van der Waals surface area contributed by atoms with Gasteiger partial charge in [-0.2, -0.15) is 5.10 Å². The number of aromatic nitrogens is 3. The van der Waals surface area contributed by atoms with Gasteiger partial charge in [0.1, 0.15) is 12.7 Å². The predicted octanol–water partition coefficient (Wildman–Crippen LogP) is 1.46. The zero-order valence-electron chi connectivity index (χ0n) is 12.7. The molecule has 2 atom stereocenters. The molecule has 2 aromatic rings. The van der Waals surface area contributed by atoms with Crippen LogP contribution in [0.3, 0.4) is 0 Å². The van der Waals surface area contributed by atoms with E-state index in [0.29, 0.717) is 6.54 Å². The fourth-order valence-electron chi connectivity index (χ4n) is 1.93. The number of nitrogens with zero attached hydrogens (tertiary/aromatic N) is 3. The minimum atomic E-state index is -0.293. The SMILES string of the molecule is CC(CO)C(C)NC(=O)Nc1ccccc1Cn1cncn1. The van der Waals surface area contributed by atoms with Crippen molar-refractivity contribution in [3.63, 3.8) is 0 Å². The van der Waals surface area contributed by atoms with Gasteiger partial charge in [0, 0.05) is 18.3 Å². The Morgan fingerprint density at radius 2 is 2.14 bits per heavy atom. The number of rotatable bonds is 6. The van der Waals surface area contributed by atoms with E-state index in [2.05, 4.69) is 20.7 Å². The molecule has 0 spiro atoms. The maximum Gasteiger partial charge on any atom is 0.319 e. The van der Waals surface area contributed by atoms with Gasteiger partial charge in [0.25, 0.3) is 0 Å². The van der Waals surface area contributed by atoms with Crippen molar-refractivity contribution in [1.29, 1.82) is 0 Å². The van der Waals surface area contributed by atoms with Crippen LogP contribution >= 0.6 is 0 Å². The van der Waals surface area contributed by atoms with Crippen LogP contribution in [0.5, 0.6) is 0 Å². The van der Waals surface area contributed by atoms with E-state index in [1.807, 2.05) is 38.1 Å². The van der Waals surface area contributed by atoms with Crippen LogP contribution in [0.15, 0.2) is 36.9 Å². The van der Waals surface area contributed by atoms with Crippen molar-refractivity contribution >= 4 is 11.7 Å². The first-order valence-electron chi connectivity index (χ1n) is 7.19. The molecule has 2 rings (SSSR count). The molecule has 2 amide bonds. The van der Waals surface area contributed by atoms with Gasteiger partial charge in [0.05, 0.1) is 6.54 Å². The summed E-state index contributed by atoms with van der Waals surface area (Å²) < 4.78 is 1.69. The maximum atomic E-state index is 12.1. The van der Waals surface area contributed by atoms with Crippen LogP contribution in [-0.4, -0.2) is 38.6 Å². The topological polar surface area (TPSA) is 92.1 Å². The van der Waals surface area contributed by atoms with Crippen molar-refractivity contribution in [2.24, 2.45) is 5.92 Å². The summed E-state index contributed by atoms with van der Waals surface area (Å²) in [5.41, 5.74) is 1.66. The number of hydrogen-bond acceptors (Lipinski definition) is 4. The highest BCUT2D eigenvalue weighted by Gasteiger charge is 2.14. The summed E-state index contributed by atoms with van der Waals surface area (Å²) >= 11 is 0. The second-order valence-electron chi connectivity index (χ2n) is 5.30. The van der Waals surface area contributed by atoms with Gasteiger partial charge in [-0.3, -0.25) is 0 Å². The highest BCUT2D eigenvalue weighted by atomic mass is 16.3. The molecule has 7 heteroatoms. The van der Waals surface area contributed by atoms with Crippen LogP contribution in [0.4, 0.5) is 10.5 Å². The van der Waals surface area contributed by atoms with Crippen molar-refractivity contribution in [3.8, 4) is 0 Å². The Kier molecular flexibility index (Phi) is 5.48. The number of aliphatic hydroxyl groups is 1. The minimum absolute atomic E-state index is 0.00357. The standard InChI is InChI=1S/C15H21N5O2/c1-11(8-21)12(2)18-15(22)19-14-6-4-3-5-13(14)7-20-10-16-9-17-20/h3-6,9-12,21H,7-8H2,1-2H3,(H2,18,19,22). The monoisotopic (exact) mass is 303 g/mol. The van der Waals surface area contributed by atoms with Crippen molar-refractivity contribution in [1.82, 2.24) is 20.1 Å². The van der Waals surface area contributed by atoms with Crippen LogP contribution in [0.1, 0.15) is 19.4 Å². The molecule has 1 heterocycles. The highest BCUT2D eigenvalue weighted by Crippen LogP contribution is 2.16. The molecule has 2 unspecified atom stereocenters. The average Bonchev–Trinajstić information content (AvgIpc) is 3.01. The Labute approximate surface area is 129 Å². The predicted molar refractivity (Wildman–Crippen MR) is 83.4 cm³/mol. The molecule has 22 heavy (non-hydrogen) atoms. The molecule has 1 aromatic heterocycles. The number of carbonyl (C=O) groups is 1. The van der Waals surface area contributed by atoms with Gasteiger partial charge in [0.15, 0.2) is 0 Å². The third kappa shape index (κ3) is 4.29. The first-order chi connectivity index (χ1) is 10.6. The summed E-state index contributed by atoms with van der Waals surface area (Å²) in [5, 5.41) is 18.8. The second-order valence-corrected chi connectivity index (χ2v) is 5.30. The normalized spacial score (nSPS) is 13.4. The lowest BCUT2D eigenvalue weighted by Gasteiger charge is -2.20. The minimum Gasteiger partial charge on any atom is -0.396 e. The Morgan fingerprint density at radius 3 is 2.82 bits per heavy atom. The van der Waals surface area contributed by atoms with Crippen LogP contribution in [-0.2, 0) is 6.54 Å².